The molecule has 0 N–H and O–H groups in total. The van der Waals surface area contributed by atoms with Crippen LogP contribution >= 0.6 is 18.7 Å². The van der Waals surface area contributed by atoms with Crippen LogP contribution in [0.25, 0.3) is 0 Å². The Hall–Kier alpha value is 0.440. The first-order valence-electron chi connectivity index (χ1n) is 3.86. The van der Waals surface area contributed by atoms with Gasteiger partial charge in [-0.25, -0.2) is 0 Å². The predicted molar refractivity (Wildman–Crippen MR) is 57.7 cm³/mol. The van der Waals surface area contributed by atoms with E-state index in [9.17, 15) is 13.2 Å². The van der Waals surface area contributed by atoms with Crippen LogP contribution in [0.3, 0.4) is 0 Å². The molecule has 0 radical (unpaired) electrons. The molecule has 0 spiro atoms. The fourth-order valence-corrected chi connectivity index (χ4v) is 2.38. The van der Waals surface area contributed by atoms with E-state index < -0.39 is 15.1 Å². The summed E-state index contributed by atoms with van der Waals surface area (Å²) in [4.78, 5) is 10.1. The molecule has 0 saturated carbocycles. The van der Waals surface area contributed by atoms with Gasteiger partial charge in [-0.1, -0.05) is 13.3 Å². The Labute approximate surface area is 83.4 Å². The second kappa shape index (κ2) is 6.02. The number of rotatable bonds is 6. The fourth-order valence-electron chi connectivity index (χ4n) is 0.714. The normalized spacial score (nSPS) is 14.1. The highest BCUT2D eigenvalue weighted by Crippen LogP contribution is 2.17. The van der Waals surface area contributed by atoms with Crippen molar-refractivity contribution in [3.63, 3.8) is 0 Å². The van der Waals surface area contributed by atoms with Gasteiger partial charge in [0.2, 0.25) is 0 Å². The van der Waals surface area contributed by atoms with Gasteiger partial charge in [-0.05, 0) is 6.42 Å². The van der Waals surface area contributed by atoms with Crippen LogP contribution in [0.4, 0.5) is 0 Å². The predicted octanol–water partition coefficient (Wildman–Crippen LogP) is 1.08. The molecule has 78 valence electrons. The highest BCUT2D eigenvalue weighted by molar-refractivity contribution is 7.94. The van der Waals surface area contributed by atoms with Crippen molar-refractivity contribution in [3.8, 4) is 0 Å². The number of carbonyl (C=O) groups is 1. The molecule has 7 heteroatoms. The third kappa shape index (κ3) is 4.46. The zero-order valence-electron chi connectivity index (χ0n) is 7.39. The van der Waals surface area contributed by atoms with Crippen LogP contribution in [-0.4, -0.2) is 19.2 Å². The van der Waals surface area contributed by atoms with E-state index in [0.717, 1.165) is 6.42 Å². The zero-order chi connectivity index (χ0) is 10.5. The van der Waals surface area contributed by atoms with Crippen molar-refractivity contribution < 1.29 is 17.2 Å². The third-order valence-corrected chi connectivity index (χ3v) is 4.87. The Morgan fingerprint density at radius 2 is 2.08 bits per heavy atom. The number of hydrogen-bond acceptors (Lipinski definition) is 4. The maximum atomic E-state index is 11.2. The van der Waals surface area contributed by atoms with Crippen molar-refractivity contribution in [2.75, 3.05) is 0 Å². The van der Waals surface area contributed by atoms with Crippen LogP contribution in [0.15, 0.2) is 0 Å². The minimum atomic E-state index is -3.75. The van der Waals surface area contributed by atoms with Gasteiger partial charge in [0, 0.05) is 15.9 Å². The van der Waals surface area contributed by atoms with Crippen molar-refractivity contribution >= 4 is 34.6 Å². The molecule has 0 rings (SSSR count). The largest absolute Gasteiger partial charge is 0.298 e. The maximum absolute atomic E-state index is 11.2. The van der Waals surface area contributed by atoms with Crippen LogP contribution < -0.4 is 0 Å². The van der Waals surface area contributed by atoms with Gasteiger partial charge in [0.1, 0.15) is 0 Å². The van der Waals surface area contributed by atoms with Crippen molar-refractivity contribution in [1.82, 2.24) is 0 Å². The first-order chi connectivity index (χ1) is 5.95. The van der Waals surface area contributed by atoms with Crippen LogP contribution in [0, 0.1) is 0 Å². The van der Waals surface area contributed by atoms with E-state index in [-0.39, 0.29) is 12.2 Å². The number of unbranched alkanes of at least 4 members (excludes halogenated alkanes) is 1. The van der Waals surface area contributed by atoms with Crippen LogP contribution in [0.5, 0.6) is 0 Å². The quantitative estimate of drug-likeness (QED) is 0.656. The van der Waals surface area contributed by atoms with E-state index in [1.54, 1.807) is 9.47 Å². The number of hydrogen-bond donors (Lipinski definition) is 0. The molecule has 0 heterocycles. The topological polar surface area (TPSA) is 60.4 Å². The van der Waals surface area contributed by atoms with E-state index in [0.29, 0.717) is 6.42 Å². The van der Waals surface area contributed by atoms with E-state index >= 15 is 0 Å². The summed E-state index contributed by atoms with van der Waals surface area (Å²) in [7, 11) is -0.137. The summed E-state index contributed by atoms with van der Waals surface area (Å²) in [5.74, 6) is -0.325. The monoisotopic (exact) mass is 244 g/mol. The lowest BCUT2D eigenvalue weighted by molar-refractivity contribution is -0.117. The summed E-state index contributed by atoms with van der Waals surface area (Å²) in [6, 6.07) is 0. The summed E-state index contributed by atoms with van der Waals surface area (Å²) >= 11 is 0. The molecule has 0 amide bonds. The third-order valence-electron chi connectivity index (χ3n) is 1.54. The Morgan fingerprint density at radius 3 is 2.46 bits per heavy atom. The molecule has 0 aliphatic heterocycles. The van der Waals surface area contributed by atoms with Gasteiger partial charge < -0.3 is 0 Å². The minimum absolute atomic E-state index is 0.276. The summed E-state index contributed by atoms with van der Waals surface area (Å²) in [6.07, 6.45) is 1.85. The minimum Gasteiger partial charge on any atom is -0.298 e. The van der Waals surface area contributed by atoms with E-state index in [1.165, 1.54) is 0 Å². The fraction of sp³-hybridized carbons (Fsp3) is 0.833. The molecule has 3 unspecified atom stereocenters. The van der Waals surface area contributed by atoms with Crippen LogP contribution in [0.2, 0.25) is 0 Å². The summed E-state index contributed by atoms with van der Waals surface area (Å²) in [5, 5.41) is 0. The van der Waals surface area contributed by atoms with Crippen molar-refractivity contribution in [1.29, 1.82) is 0 Å². The van der Waals surface area contributed by atoms with Crippen molar-refractivity contribution in [3.05, 3.63) is 0 Å². The van der Waals surface area contributed by atoms with Gasteiger partial charge in [0.05, 0.1) is 0 Å². The molecule has 0 bridgehead atoms. The van der Waals surface area contributed by atoms with Gasteiger partial charge >= 0.3 is 0 Å². The van der Waals surface area contributed by atoms with Gasteiger partial charge in [-0.2, -0.15) is 8.42 Å². The molecule has 4 nitrogen and oxygen atoms in total. The standard InChI is InChI=1S/C6H14O4P2S/c1-2-3-4-5(7)6(11)13(8,9)10-12/h6H,2-4,11-12H2,1H3. The lowest BCUT2D eigenvalue weighted by atomic mass is 10.2. The molecule has 13 heavy (non-hydrogen) atoms. The van der Waals surface area contributed by atoms with E-state index in [4.69, 9.17) is 0 Å². The molecular weight excluding hydrogens is 230 g/mol. The lowest BCUT2D eigenvalue weighted by Gasteiger charge is -2.08. The van der Waals surface area contributed by atoms with E-state index in [2.05, 4.69) is 3.97 Å². The number of ketones is 1. The Morgan fingerprint density at radius 1 is 1.54 bits per heavy atom. The molecule has 0 aliphatic carbocycles. The highest BCUT2D eigenvalue weighted by Gasteiger charge is 2.27. The molecule has 0 fully saturated rings. The molecule has 0 saturated heterocycles. The molecule has 0 aliphatic rings. The number of carbonyl (C=O) groups excluding carboxylic acids is 1. The first kappa shape index (κ1) is 13.4. The Kier molecular flexibility index (Phi) is 6.23. The number of Topliss-reactive ketones (excluding diaryl/α,β-unsaturated/α-hetero) is 1. The van der Waals surface area contributed by atoms with Gasteiger partial charge in [0.15, 0.2) is 10.8 Å². The van der Waals surface area contributed by atoms with Gasteiger partial charge in [-0.3, -0.25) is 8.76 Å². The lowest BCUT2D eigenvalue weighted by Crippen LogP contribution is -2.23. The smallest absolute Gasteiger partial charge is 0.283 e. The van der Waals surface area contributed by atoms with Crippen LogP contribution in [-0.2, 0) is 18.9 Å². The zero-order valence-corrected chi connectivity index (χ0v) is 10.5. The summed E-state index contributed by atoms with van der Waals surface area (Å²) in [5.41, 5.74) is 0. The molecule has 0 aromatic heterocycles. The molecule has 3 atom stereocenters. The highest BCUT2D eigenvalue weighted by atomic mass is 32.2. The SMILES string of the molecule is CCCCC(=O)C(P)S(=O)(=O)OP. The van der Waals surface area contributed by atoms with Crippen molar-refractivity contribution in [2.24, 2.45) is 0 Å². The molecule has 0 aromatic rings. The summed E-state index contributed by atoms with van der Waals surface area (Å²) in [6.45, 7) is 1.94. The molecule has 0 aromatic carbocycles. The average Bonchev–Trinajstić information content (AvgIpc) is 2.12. The maximum Gasteiger partial charge on any atom is 0.283 e. The van der Waals surface area contributed by atoms with Crippen molar-refractivity contribution in [2.45, 2.75) is 31.2 Å². The van der Waals surface area contributed by atoms with Crippen LogP contribution in [0.1, 0.15) is 26.2 Å². The van der Waals surface area contributed by atoms with E-state index in [1.807, 2.05) is 16.2 Å². The Balaban J connectivity index is 4.26. The van der Waals surface area contributed by atoms with Gasteiger partial charge in [0.25, 0.3) is 10.1 Å². The first-order valence-corrected chi connectivity index (χ1v) is 6.47. The second-order valence-corrected chi connectivity index (χ2v) is 5.99. The van der Waals surface area contributed by atoms with Gasteiger partial charge in [-0.15, -0.1) is 9.24 Å². The Bertz CT molecular complexity index is 262. The average molecular weight is 244 g/mol. The second-order valence-electron chi connectivity index (χ2n) is 2.58. The summed E-state index contributed by atoms with van der Waals surface area (Å²) < 4.78 is 26.2. The molecular formula is C6H14O4P2S.